The van der Waals surface area contributed by atoms with Gasteiger partial charge >= 0.3 is 0 Å². The Kier molecular flexibility index (Phi) is 6.15. The lowest BCUT2D eigenvalue weighted by atomic mass is 10.1. The summed E-state index contributed by atoms with van der Waals surface area (Å²) in [5, 5.41) is 2.65. The Morgan fingerprint density at radius 1 is 1.05 bits per heavy atom. The first kappa shape index (κ1) is 17.0. The summed E-state index contributed by atoms with van der Waals surface area (Å²) in [6, 6.07) is 9.60. The lowest BCUT2D eigenvalue weighted by Gasteiger charge is -2.31. The first-order valence-electron chi connectivity index (χ1n) is 7.20. The third-order valence-electron chi connectivity index (χ3n) is 3.00. The fraction of sp³-hybridized carbons (Fsp3) is 0.412. The minimum Gasteiger partial charge on any atom is -0.333 e. The third-order valence-corrected chi connectivity index (χ3v) is 3.00. The van der Waals surface area contributed by atoms with Crippen LogP contribution < -0.4 is 5.32 Å². The number of hydrogen-bond acceptors (Lipinski definition) is 2. The lowest BCUT2D eigenvalue weighted by Crippen LogP contribution is -2.45. The molecule has 0 radical (unpaired) electrons. The van der Waals surface area contributed by atoms with Crippen LogP contribution in [0.15, 0.2) is 36.0 Å². The molecule has 0 aliphatic heterocycles. The number of carbonyl (C=O) groups is 2. The normalized spacial score (nSPS) is 11.7. The number of rotatable bonds is 5. The summed E-state index contributed by atoms with van der Waals surface area (Å²) in [5.74, 6) is -0.419. The minimum atomic E-state index is -0.252. The van der Waals surface area contributed by atoms with Crippen molar-refractivity contribution < 1.29 is 9.59 Å². The zero-order chi connectivity index (χ0) is 16.0. The Labute approximate surface area is 126 Å². The highest BCUT2D eigenvalue weighted by atomic mass is 16.2. The maximum Gasteiger partial charge on any atom is 0.270 e. The van der Waals surface area contributed by atoms with Gasteiger partial charge in [-0.3, -0.25) is 9.59 Å². The summed E-state index contributed by atoms with van der Waals surface area (Å²) in [7, 11) is 0. The van der Waals surface area contributed by atoms with Gasteiger partial charge < -0.3 is 10.2 Å². The summed E-state index contributed by atoms with van der Waals surface area (Å²) in [4.78, 5) is 25.9. The second kappa shape index (κ2) is 7.62. The molecule has 0 unspecified atom stereocenters. The van der Waals surface area contributed by atoms with Crippen LogP contribution in [0.2, 0.25) is 0 Å². The van der Waals surface area contributed by atoms with Crippen molar-refractivity contribution in [2.45, 2.75) is 46.7 Å². The SMILES string of the molecule is CC(=O)NC(=Cc1ccccc1)C(=O)N(C(C)C)C(C)C. The lowest BCUT2D eigenvalue weighted by molar-refractivity contribution is -0.132. The Morgan fingerprint density at radius 2 is 1.57 bits per heavy atom. The van der Waals surface area contributed by atoms with E-state index in [0.29, 0.717) is 5.70 Å². The average molecular weight is 288 g/mol. The molecule has 0 atom stereocenters. The van der Waals surface area contributed by atoms with Crippen LogP contribution in [0.4, 0.5) is 0 Å². The summed E-state index contributed by atoms with van der Waals surface area (Å²) in [6.07, 6.45) is 1.71. The van der Waals surface area contributed by atoms with Gasteiger partial charge in [0.2, 0.25) is 5.91 Å². The molecule has 0 fully saturated rings. The largest absolute Gasteiger partial charge is 0.333 e. The summed E-state index contributed by atoms with van der Waals surface area (Å²) < 4.78 is 0. The van der Waals surface area contributed by atoms with Gasteiger partial charge in [-0.15, -0.1) is 0 Å². The van der Waals surface area contributed by atoms with Crippen LogP contribution in [-0.4, -0.2) is 28.8 Å². The topological polar surface area (TPSA) is 49.4 Å². The van der Waals surface area contributed by atoms with Gasteiger partial charge in [0.25, 0.3) is 5.91 Å². The molecule has 21 heavy (non-hydrogen) atoms. The van der Waals surface area contributed by atoms with Gasteiger partial charge in [-0.05, 0) is 39.3 Å². The van der Waals surface area contributed by atoms with Crippen molar-refractivity contribution in [2.75, 3.05) is 0 Å². The molecule has 0 bridgehead atoms. The van der Waals surface area contributed by atoms with Crippen molar-refractivity contribution in [1.82, 2.24) is 10.2 Å². The van der Waals surface area contributed by atoms with Gasteiger partial charge in [0.05, 0.1) is 0 Å². The molecular formula is C17H24N2O2. The van der Waals surface area contributed by atoms with Crippen LogP contribution in [0, 0.1) is 0 Å². The predicted octanol–water partition coefficient (Wildman–Crippen LogP) is 2.81. The Bertz CT molecular complexity index is 511. The van der Waals surface area contributed by atoms with Gasteiger partial charge in [0.15, 0.2) is 0 Å². The van der Waals surface area contributed by atoms with E-state index in [1.54, 1.807) is 11.0 Å². The van der Waals surface area contributed by atoms with Crippen molar-refractivity contribution >= 4 is 17.9 Å². The molecule has 0 aliphatic rings. The fourth-order valence-corrected chi connectivity index (χ4v) is 2.26. The molecule has 4 nitrogen and oxygen atoms in total. The van der Waals surface area contributed by atoms with Gasteiger partial charge in [-0.25, -0.2) is 0 Å². The van der Waals surface area contributed by atoms with Gasteiger partial charge in [0.1, 0.15) is 5.70 Å². The Hall–Kier alpha value is -2.10. The maximum absolute atomic E-state index is 12.7. The second-order valence-corrected chi connectivity index (χ2v) is 5.55. The number of nitrogens with zero attached hydrogens (tertiary/aromatic N) is 1. The third kappa shape index (κ3) is 5.06. The molecule has 2 amide bonds. The molecule has 1 N–H and O–H groups in total. The molecule has 0 aliphatic carbocycles. The summed E-state index contributed by atoms with van der Waals surface area (Å²) in [6.45, 7) is 9.26. The standard InChI is InChI=1S/C17H24N2O2/c1-12(2)19(13(3)4)17(21)16(18-14(5)20)11-15-9-7-6-8-10-15/h6-13H,1-5H3,(H,18,20). The van der Waals surface area contributed by atoms with E-state index in [1.165, 1.54) is 6.92 Å². The molecule has 114 valence electrons. The Morgan fingerprint density at radius 3 is 2.00 bits per heavy atom. The molecule has 0 saturated heterocycles. The number of benzene rings is 1. The zero-order valence-electron chi connectivity index (χ0n) is 13.4. The maximum atomic E-state index is 12.7. The van der Waals surface area contributed by atoms with E-state index in [1.807, 2.05) is 58.0 Å². The minimum absolute atomic E-state index is 0.0606. The number of amides is 2. The van der Waals surface area contributed by atoms with Crippen LogP contribution >= 0.6 is 0 Å². The van der Waals surface area contributed by atoms with E-state index in [-0.39, 0.29) is 23.9 Å². The van der Waals surface area contributed by atoms with Gasteiger partial charge in [-0.2, -0.15) is 0 Å². The molecule has 0 spiro atoms. The van der Waals surface area contributed by atoms with E-state index in [4.69, 9.17) is 0 Å². The zero-order valence-corrected chi connectivity index (χ0v) is 13.4. The molecule has 0 heterocycles. The first-order valence-corrected chi connectivity index (χ1v) is 7.20. The van der Waals surface area contributed by atoms with E-state index in [2.05, 4.69) is 5.32 Å². The highest BCUT2D eigenvalue weighted by Crippen LogP contribution is 2.13. The quantitative estimate of drug-likeness (QED) is 0.847. The summed E-state index contributed by atoms with van der Waals surface area (Å²) in [5.41, 5.74) is 1.18. The van der Waals surface area contributed by atoms with Crippen molar-refractivity contribution in [3.05, 3.63) is 41.6 Å². The second-order valence-electron chi connectivity index (χ2n) is 5.55. The van der Waals surface area contributed by atoms with Crippen LogP contribution in [0.5, 0.6) is 0 Å². The van der Waals surface area contributed by atoms with Crippen molar-refractivity contribution in [3.63, 3.8) is 0 Å². The van der Waals surface area contributed by atoms with Crippen molar-refractivity contribution in [3.8, 4) is 0 Å². The monoisotopic (exact) mass is 288 g/mol. The first-order chi connectivity index (χ1) is 9.82. The molecule has 1 rings (SSSR count). The highest BCUT2D eigenvalue weighted by Gasteiger charge is 2.24. The molecule has 0 aromatic heterocycles. The van der Waals surface area contributed by atoms with Crippen molar-refractivity contribution in [2.24, 2.45) is 0 Å². The van der Waals surface area contributed by atoms with E-state index >= 15 is 0 Å². The smallest absolute Gasteiger partial charge is 0.270 e. The molecule has 0 saturated carbocycles. The predicted molar refractivity (Wildman–Crippen MR) is 85.4 cm³/mol. The number of nitrogens with one attached hydrogen (secondary N) is 1. The van der Waals surface area contributed by atoms with Gasteiger partial charge in [-0.1, -0.05) is 30.3 Å². The van der Waals surface area contributed by atoms with E-state index in [9.17, 15) is 9.59 Å². The molecule has 1 aromatic carbocycles. The Balaban J connectivity index is 3.16. The van der Waals surface area contributed by atoms with Gasteiger partial charge in [0, 0.05) is 19.0 Å². The van der Waals surface area contributed by atoms with Crippen LogP contribution in [-0.2, 0) is 9.59 Å². The number of hydrogen-bond donors (Lipinski definition) is 1. The van der Waals surface area contributed by atoms with E-state index < -0.39 is 0 Å². The van der Waals surface area contributed by atoms with Crippen LogP contribution in [0.3, 0.4) is 0 Å². The molecule has 4 heteroatoms. The number of carbonyl (C=O) groups excluding carboxylic acids is 2. The van der Waals surface area contributed by atoms with Crippen LogP contribution in [0.25, 0.3) is 6.08 Å². The highest BCUT2D eigenvalue weighted by molar-refractivity contribution is 6.01. The van der Waals surface area contributed by atoms with Crippen molar-refractivity contribution in [1.29, 1.82) is 0 Å². The average Bonchev–Trinajstić information content (AvgIpc) is 2.37. The fourth-order valence-electron chi connectivity index (χ4n) is 2.26. The van der Waals surface area contributed by atoms with E-state index in [0.717, 1.165) is 5.56 Å². The van der Waals surface area contributed by atoms with Crippen LogP contribution in [0.1, 0.15) is 40.2 Å². The molecule has 1 aromatic rings. The summed E-state index contributed by atoms with van der Waals surface area (Å²) >= 11 is 0. The molecular weight excluding hydrogens is 264 g/mol.